The number of rotatable bonds is 8. The minimum absolute atomic E-state index is 0.0125. The number of hydrogen-bond donors (Lipinski definition) is 3. The lowest BCUT2D eigenvalue weighted by molar-refractivity contribution is -0.117. The summed E-state index contributed by atoms with van der Waals surface area (Å²) in [6.07, 6.45) is 2.77. The quantitative estimate of drug-likeness (QED) is 0.250. The molecule has 8 nitrogen and oxygen atoms in total. The van der Waals surface area contributed by atoms with Crippen molar-refractivity contribution in [3.05, 3.63) is 94.1 Å². The van der Waals surface area contributed by atoms with E-state index in [0.29, 0.717) is 16.1 Å². The molecular formula is C26H25ClN4O4. The number of aromatic hydroxyl groups is 1. The topological polar surface area (TPSA) is 103 Å². The van der Waals surface area contributed by atoms with Crippen molar-refractivity contribution in [1.29, 1.82) is 0 Å². The van der Waals surface area contributed by atoms with Gasteiger partial charge in [0, 0.05) is 42.0 Å². The van der Waals surface area contributed by atoms with E-state index in [1.807, 2.05) is 43.3 Å². The Hall–Kier alpha value is -4.30. The molecule has 0 heterocycles. The zero-order valence-corrected chi connectivity index (χ0v) is 20.2. The number of nitrogens with zero attached hydrogens (tertiary/aromatic N) is 2. The standard InChI is InChI=1S/C26H25ClN4O4/c1-31(2)21-11-9-17(10-12-21)13-22(29-25(33)18-7-5-4-6-8-18)26(34)30-28-16-19-14-20(27)15-23(35-3)24(19)32/h4-16,32H,1-3H3,(H,29,33)(H,30,34)/b22-13?,28-16+. The number of anilines is 1. The SMILES string of the molecule is COc1cc(Cl)cc(/C=N/NC(=O)C(=Cc2ccc(N(C)C)cc2)NC(=O)c2ccccc2)c1O. The molecular weight excluding hydrogens is 468 g/mol. The molecule has 35 heavy (non-hydrogen) atoms. The molecule has 0 spiro atoms. The fourth-order valence-electron chi connectivity index (χ4n) is 3.05. The van der Waals surface area contributed by atoms with Crippen molar-refractivity contribution in [2.45, 2.75) is 0 Å². The van der Waals surface area contributed by atoms with Crippen LogP contribution in [-0.4, -0.2) is 44.3 Å². The van der Waals surface area contributed by atoms with E-state index in [1.165, 1.54) is 25.5 Å². The van der Waals surface area contributed by atoms with Crippen LogP contribution in [0.2, 0.25) is 5.02 Å². The predicted molar refractivity (Wildman–Crippen MR) is 138 cm³/mol. The molecule has 0 saturated carbocycles. The number of carbonyl (C=O) groups excluding carboxylic acids is 2. The van der Waals surface area contributed by atoms with E-state index in [9.17, 15) is 14.7 Å². The van der Waals surface area contributed by atoms with Crippen LogP contribution in [-0.2, 0) is 4.79 Å². The number of carbonyl (C=O) groups is 2. The molecule has 0 saturated heterocycles. The molecule has 0 aliphatic heterocycles. The summed E-state index contributed by atoms with van der Waals surface area (Å²) in [5.74, 6) is -1.11. The Morgan fingerprint density at radius 3 is 2.37 bits per heavy atom. The number of phenolic OH excluding ortho intramolecular Hbond substituents is 1. The fraction of sp³-hybridized carbons (Fsp3) is 0.115. The first-order chi connectivity index (χ1) is 16.8. The lowest BCUT2D eigenvalue weighted by Gasteiger charge is -2.13. The molecule has 9 heteroatoms. The summed E-state index contributed by atoms with van der Waals surface area (Å²) in [5.41, 5.74) is 4.69. The number of halogens is 1. The minimum atomic E-state index is -0.657. The van der Waals surface area contributed by atoms with Crippen molar-refractivity contribution >= 4 is 41.4 Å². The molecule has 0 fully saturated rings. The third kappa shape index (κ3) is 6.84. The van der Waals surface area contributed by atoms with E-state index in [-0.39, 0.29) is 22.8 Å². The maximum atomic E-state index is 12.9. The normalized spacial score (nSPS) is 11.3. The van der Waals surface area contributed by atoms with Crippen molar-refractivity contribution in [3.63, 3.8) is 0 Å². The molecule has 0 radical (unpaired) electrons. The van der Waals surface area contributed by atoms with E-state index >= 15 is 0 Å². The first-order valence-corrected chi connectivity index (χ1v) is 10.9. The average Bonchev–Trinajstić information content (AvgIpc) is 2.86. The smallest absolute Gasteiger partial charge is 0.287 e. The molecule has 180 valence electrons. The Kier molecular flexibility index (Phi) is 8.48. The number of nitrogens with one attached hydrogen (secondary N) is 2. The van der Waals surface area contributed by atoms with E-state index < -0.39 is 11.8 Å². The zero-order chi connectivity index (χ0) is 25.4. The zero-order valence-electron chi connectivity index (χ0n) is 19.4. The third-order valence-electron chi connectivity index (χ3n) is 4.91. The van der Waals surface area contributed by atoms with E-state index in [1.54, 1.807) is 36.4 Å². The molecule has 0 unspecified atom stereocenters. The summed E-state index contributed by atoms with van der Waals surface area (Å²) in [7, 11) is 5.25. The Bertz CT molecular complexity index is 1260. The van der Waals surface area contributed by atoms with Crippen LogP contribution in [0, 0.1) is 0 Å². The highest BCUT2D eigenvalue weighted by atomic mass is 35.5. The number of methoxy groups -OCH3 is 1. The van der Waals surface area contributed by atoms with Gasteiger partial charge in [-0.2, -0.15) is 5.10 Å². The van der Waals surface area contributed by atoms with Crippen LogP contribution in [0.15, 0.2) is 77.5 Å². The number of amides is 2. The third-order valence-corrected chi connectivity index (χ3v) is 5.13. The average molecular weight is 493 g/mol. The monoisotopic (exact) mass is 492 g/mol. The Labute approximate surface area is 208 Å². The largest absolute Gasteiger partial charge is 0.504 e. The van der Waals surface area contributed by atoms with E-state index in [4.69, 9.17) is 16.3 Å². The minimum Gasteiger partial charge on any atom is -0.504 e. The van der Waals surface area contributed by atoms with Crippen molar-refractivity contribution < 1.29 is 19.4 Å². The molecule has 3 rings (SSSR count). The first kappa shape index (κ1) is 25.3. The van der Waals surface area contributed by atoms with Crippen LogP contribution >= 0.6 is 11.6 Å². The summed E-state index contributed by atoms with van der Waals surface area (Å²) in [4.78, 5) is 27.6. The molecule has 0 atom stereocenters. The number of ether oxygens (including phenoxy) is 1. The number of hydrazone groups is 1. The number of benzene rings is 3. The van der Waals surface area contributed by atoms with Gasteiger partial charge in [-0.15, -0.1) is 0 Å². The molecule has 0 aromatic heterocycles. The van der Waals surface area contributed by atoms with Crippen molar-refractivity contribution in [2.75, 3.05) is 26.1 Å². The fourth-order valence-corrected chi connectivity index (χ4v) is 3.26. The highest BCUT2D eigenvalue weighted by Gasteiger charge is 2.15. The Morgan fingerprint density at radius 1 is 1.06 bits per heavy atom. The van der Waals surface area contributed by atoms with Gasteiger partial charge in [0.25, 0.3) is 11.8 Å². The van der Waals surface area contributed by atoms with Crippen LogP contribution in [0.5, 0.6) is 11.5 Å². The van der Waals surface area contributed by atoms with E-state index in [0.717, 1.165) is 5.69 Å². The van der Waals surface area contributed by atoms with Gasteiger partial charge in [-0.3, -0.25) is 9.59 Å². The highest BCUT2D eigenvalue weighted by molar-refractivity contribution is 6.31. The predicted octanol–water partition coefficient (Wildman–Crippen LogP) is 4.04. The van der Waals surface area contributed by atoms with Gasteiger partial charge in [0.2, 0.25) is 0 Å². The van der Waals surface area contributed by atoms with Gasteiger partial charge in [0.05, 0.1) is 13.3 Å². The summed E-state index contributed by atoms with van der Waals surface area (Å²) < 4.78 is 5.06. The highest BCUT2D eigenvalue weighted by Crippen LogP contribution is 2.32. The number of hydrogen-bond acceptors (Lipinski definition) is 6. The molecule has 3 N–H and O–H groups in total. The summed E-state index contributed by atoms with van der Waals surface area (Å²) in [6.45, 7) is 0. The van der Waals surface area contributed by atoms with Gasteiger partial charge in [-0.25, -0.2) is 5.43 Å². The Balaban J connectivity index is 1.85. The van der Waals surface area contributed by atoms with Gasteiger partial charge in [0.1, 0.15) is 5.70 Å². The molecule has 3 aromatic rings. The Morgan fingerprint density at radius 2 is 1.74 bits per heavy atom. The van der Waals surface area contributed by atoms with Gasteiger partial charge >= 0.3 is 0 Å². The van der Waals surface area contributed by atoms with Crippen molar-refractivity contribution in [1.82, 2.24) is 10.7 Å². The van der Waals surface area contributed by atoms with Crippen molar-refractivity contribution in [2.24, 2.45) is 5.10 Å². The van der Waals surface area contributed by atoms with Gasteiger partial charge in [-0.1, -0.05) is 41.9 Å². The second-order valence-electron chi connectivity index (χ2n) is 7.61. The molecule has 0 aliphatic rings. The molecule has 0 aliphatic carbocycles. The summed E-state index contributed by atoms with van der Waals surface area (Å²) >= 11 is 6.03. The van der Waals surface area contributed by atoms with Crippen LogP contribution in [0.1, 0.15) is 21.5 Å². The number of phenols is 1. The van der Waals surface area contributed by atoms with Crippen molar-refractivity contribution in [3.8, 4) is 11.5 Å². The first-order valence-electron chi connectivity index (χ1n) is 10.5. The van der Waals surface area contributed by atoms with Crippen LogP contribution in [0.3, 0.4) is 0 Å². The molecule has 2 amide bonds. The van der Waals surface area contributed by atoms with Crippen LogP contribution in [0.25, 0.3) is 6.08 Å². The lowest BCUT2D eigenvalue weighted by atomic mass is 10.1. The maximum absolute atomic E-state index is 12.9. The van der Waals surface area contributed by atoms with Crippen LogP contribution < -0.4 is 20.4 Å². The second kappa shape index (κ2) is 11.7. The van der Waals surface area contributed by atoms with E-state index in [2.05, 4.69) is 15.8 Å². The van der Waals surface area contributed by atoms with Crippen LogP contribution in [0.4, 0.5) is 5.69 Å². The molecule has 3 aromatic carbocycles. The van der Waals surface area contributed by atoms with Gasteiger partial charge in [0.15, 0.2) is 11.5 Å². The summed E-state index contributed by atoms with van der Waals surface area (Å²) in [5, 5.41) is 17.1. The lowest BCUT2D eigenvalue weighted by Crippen LogP contribution is -2.32. The van der Waals surface area contributed by atoms with Gasteiger partial charge in [-0.05, 0) is 42.0 Å². The maximum Gasteiger partial charge on any atom is 0.287 e. The molecule has 0 bridgehead atoms. The summed E-state index contributed by atoms with van der Waals surface area (Å²) in [6, 6.07) is 18.9. The second-order valence-corrected chi connectivity index (χ2v) is 8.05. The van der Waals surface area contributed by atoms with Gasteiger partial charge < -0.3 is 20.1 Å².